The van der Waals surface area contributed by atoms with Crippen molar-refractivity contribution in [1.29, 1.82) is 0 Å². The molecule has 11 heteroatoms. The van der Waals surface area contributed by atoms with E-state index in [2.05, 4.69) is 10.9 Å². The first kappa shape index (κ1) is 35.0. The van der Waals surface area contributed by atoms with Gasteiger partial charge in [-0.25, -0.2) is 25.5 Å². The van der Waals surface area contributed by atoms with Gasteiger partial charge in [-0.2, -0.15) is 0 Å². The highest BCUT2D eigenvalue weighted by Crippen LogP contribution is 2.40. The van der Waals surface area contributed by atoms with Crippen molar-refractivity contribution in [2.24, 2.45) is 0 Å². The highest BCUT2D eigenvalue weighted by molar-refractivity contribution is 5.86. The van der Waals surface area contributed by atoms with Crippen LogP contribution < -0.4 is 10.9 Å². The van der Waals surface area contributed by atoms with Crippen molar-refractivity contribution in [3.8, 4) is 0 Å². The van der Waals surface area contributed by atoms with Crippen molar-refractivity contribution in [2.75, 3.05) is 13.7 Å². The highest BCUT2D eigenvalue weighted by atomic mass is 16.6. The lowest BCUT2D eigenvalue weighted by Crippen LogP contribution is -2.63. The predicted octanol–water partition coefficient (Wildman–Crippen LogP) is 5.08. The van der Waals surface area contributed by atoms with Gasteiger partial charge in [0.05, 0.1) is 13.7 Å². The van der Waals surface area contributed by atoms with E-state index in [-0.39, 0.29) is 0 Å². The lowest BCUT2D eigenvalue weighted by Gasteiger charge is -2.39. The van der Waals surface area contributed by atoms with Crippen molar-refractivity contribution in [1.82, 2.24) is 15.9 Å². The van der Waals surface area contributed by atoms with Crippen LogP contribution in [-0.2, 0) is 29.4 Å². The summed E-state index contributed by atoms with van der Waals surface area (Å²) >= 11 is 0. The Kier molecular flexibility index (Phi) is 11.7. The van der Waals surface area contributed by atoms with Crippen LogP contribution in [0.5, 0.6) is 0 Å². The molecule has 242 valence electrons. The van der Waals surface area contributed by atoms with Crippen LogP contribution in [0.15, 0.2) is 91.0 Å². The minimum absolute atomic E-state index is 0.490. The Morgan fingerprint density at radius 3 is 1.53 bits per heavy atom. The number of aliphatic hydroxyl groups is 1. The molecular weight excluding hydrogens is 578 g/mol. The SMILES string of the molecule is CONC(=O)[C@H]([C@@H](O)COC(c1ccccc1)(c1ccccc1)c1ccccc1)N(NC(=O)OC(C)(C)C)C(=O)OC(C)(C)C. The number of rotatable bonds is 10. The van der Waals surface area contributed by atoms with Gasteiger partial charge in [0.2, 0.25) is 0 Å². The van der Waals surface area contributed by atoms with E-state index in [9.17, 15) is 19.5 Å². The molecule has 0 aliphatic heterocycles. The third kappa shape index (κ3) is 9.52. The van der Waals surface area contributed by atoms with Gasteiger partial charge < -0.3 is 19.3 Å². The average Bonchev–Trinajstić information content (AvgIpc) is 2.97. The number of carbonyl (C=O) groups is 3. The summed E-state index contributed by atoms with van der Waals surface area (Å²) < 4.78 is 17.5. The van der Waals surface area contributed by atoms with Gasteiger partial charge in [0.25, 0.3) is 5.91 Å². The monoisotopic (exact) mass is 621 g/mol. The molecule has 0 spiro atoms. The smallest absolute Gasteiger partial charge is 0.430 e. The van der Waals surface area contributed by atoms with E-state index in [0.717, 1.165) is 16.7 Å². The summed E-state index contributed by atoms with van der Waals surface area (Å²) in [4.78, 5) is 44.5. The summed E-state index contributed by atoms with van der Waals surface area (Å²) in [6.45, 7) is 9.28. The standard InChI is InChI=1S/C34H43N3O8/c1-32(2,3)44-30(40)35-37(31(41)45-33(4,5)6)28(29(39)36-42-7)27(38)23-43-34(24-17-11-8-12-18-24,25-19-13-9-14-20-25)26-21-15-10-16-22-26/h8-22,27-28,38H,23H2,1-7H3,(H,35,40)(H,36,39)/t27-,28-/m0/s1. The quantitative estimate of drug-likeness (QED) is 0.211. The van der Waals surface area contributed by atoms with Crippen LogP contribution in [-0.4, -0.2) is 65.3 Å². The molecule has 0 fully saturated rings. The first-order chi connectivity index (χ1) is 21.2. The zero-order valence-corrected chi connectivity index (χ0v) is 26.8. The Bertz CT molecular complexity index is 1290. The molecule has 3 aromatic rings. The molecular formula is C34H43N3O8. The van der Waals surface area contributed by atoms with Gasteiger partial charge in [-0.05, 0) is 58.2 Å². The number of hydroxylamine groups is 1. The van der Waals surface area contributed by atoms with Gasteiger partial charge in [-0.1, -0.05) is 91.0 Å². The maximum Gasteiger partial charge on any atom is 0.430 e. The highest BCUT2D eigenvalue weighted by Gasteiger charge is 2.43. The lowest BCUT2D eigenvalue weighted by atomic mass is 9.80. The molecule has 3 aromatic carbocycles. The fourth-order valence-electron chi connectivity index (χ4n) is 4.63. The van der Waals surface area contributed by atoms with Gasteiger partial charge in [0.15, 0.2) is 6.04 Å². The molecule has 0 radical (unpaired) electrons. The second-order valence-electron chi connectivity index (χ2n) is 12.2. The van der Waals surface area contributed by atoms with Gasteiger partial charge in [-0.3, -0.25) is 9.63 Å². The molecule has 3 amide bonds. The summed E-state index contributed by atoms with van der Waals surface area (Å²) in [6, 6.07) is 26.5. The molecule has 0 aromatic heterocycles. The zero-order valence-electron chi connectivity index (χ0n) is 26.8. The number of amides is 3. The van der Waals surface area contributed by atoms with Crippen LogP contribution in [0.2, 0.25) is 0 Å². The van der Waals surface area contributed by atoms with Gasteiger partial charge in [-0.15, -0.1) is 0 Å². The van der Waals surface area contributed by atoms with Crippen LogP contribution in [0.3, 0.4) is 0 Å². The largest absolute Gasteiger partial charge is 0.443 e. The van der Waals surface area contributed by atoms with Crippen molar-refractivity contribution in [2.45, 2.75) is 70.5 Å². The van der Waals surface area contributed by atoms with Crippen LogP contribution >= 0.6 is 0 Å². The van der Waals surface area contributed by atoms with Gasteiger partial charge >= 0.3 is 12.2 Å². The second kappa shape index (κ2) is 15.0. The number of nitrogens with zero attached hydrogens (tertiary/aromatic N) is 1. The number of nitrogens with one attached hydrogen (secondary N) is 2. The Morgan fingerprint density at radius 1 is 0.733 bits per heavy atom. The van der Waals surface area contributed by atoms with Crippen molar-refractivity contribution in [3.05, 3.63) is 108 Å². The molecule has 3 rings (SSSR count). The van der Waals surface area contributed by atoms with Gasteiger partial charge in [0, 0.05) is 0 Å². The molecule has 45 heavy (non-hydrogen) atoms. The van der Waals surface area contributed by atoms with Crippen LogP contribution in [0, 0.1) is 0 Å². The second-order valence-corrected chi connectivity index (χ2v) is 12.2. The van der Waals surface area contributed by atoms with E-state index >= 15 is 0 Å². The Morgan fingerprint density at radius 2 is 1.16 bits per heavy atom. The van der Waals surface area contributed by atoms with Crippen LogP contribution in [0.1, 0.15) is 58.2 Å². The normalized spacial score (nSPS) is 13.2. The van der Waals surface area contributed by atoms with Crippen molar-refractivity contribution >= 4 is 18.1 Å². The van der Waals surface area contributed by atoms with Crippen molar-refractivity contribution < 1.29 is 38.5 Å². The lowest BCUT2D eigenvalue weighted by molar-refractivity contribution is -0.147. The number of aliphatic hydroxyl groups excluding tert-OH is 1. The zero-order chi connectivity index (χ0) is 33.3. The minimum atomic E-state index is -1.78. The fourth-order valence-corrected chi connectivity index (χ4v) is 4.63. The number of benzene rings is 3. The third-order valence-corrected chi connectivity index (χ3v) is 6.33. The molecule has 3 N–H and O–H groups in total. The molecule has 0 aliphatic rings. The van der Waals surface area contributed by atoms with Crippen LogP contribution in [0.4, 0.5) is 9.59 Å². The first-order valence-electron chi connectivity index (χ1n) is 14.5. The van der Waals surface area contributed by atoms with Gasteiger partial charge in [0.1, 0.15) is 22.9 Å². The first-order valence-corrected chi connectivity index (χ1v) is 14.5. The van der Waals surface area contributed by atoms with E-state index in [0.29, 0.717) is 5.01 Å². The van der Waals surface area contributed by atoms with E-state index < -0.39 is 53.6 Å². The molecule has 0 heterocycles. The molecule has 0 bridgehead atoms. The fraction of sp³-hybridized carbons (Fsp3) is 0.382. The van der Waals surface area contributed by atoms with E-state index in [4.69, 9.17) is 19.0 Å². The van der Waals surface area contributed by atoms with E-state index in [1.165, 1.54) is 7.11 Å². The van der Waals surface area contributed by atoms with Crippen LogP contribution in [0.25, 0.3) is 0 Å². The van der Waals surface area contributed by atoms with Crippen molar-refractivity contribution in [3.63, 3.8) is 0 Å². The maximum absolute atomic E-state index is 13.4. The molecule has 11 nitrogen and oxygen atoms in total. The minimum Gasteiger partial charge on any atom is -0.443 e. The molecule has 0 saturated carbocycles. The summed E-state index contributed by atoms with van der Waals surface area (Å²) in [7, 11) is 1.20. The number of hydrazine groups is 1. The number of carbonyl (C=O) groups excluding carboxylic acids is 3. The molecule has 0 unspecified atom stereocenters. The van der Waals surface area contributed by atoms with E-state index in [1.807, 2.05) is 91.0 Å². The topological polar surface area (TPSA) is 136 Å². The molecule has 0 aliphatic carbocycles. The van der Waals surface area contributed by atoms with E-state index in [1.54, 1.807) is 41.5 Å². The molecule has 0 saturated heterocycles. The Hall–Kier alpha value is -4.45. The molecule has 2 atom stereocenters. The summed E-state index contributed by atoms with van der Waals surface area (Å²) in [6.07, 6.45) is -3.90. The Labute approximate surface area is 264 Å². The summed E-state index contributed by atoms with van der Waals surface area (Å²) in [5.74, 6) is -0.958. The number of hydrogen-bond acceptors (Lipinski definition) is 8. The predicted molar refractivity (Wildman–Crippen MR) is 168 cm³/mol. The average molecular weight is 622 g/mol. The maximum atomic E-state index is 13.4. The Balaban J connectivity index is 2.11. The number of ether oxygens (including phenoxy) is 3. The number of hydrogen-bond donors (Lipinski definition) is 3. The summed E-state index contributed by atoms with van der Waals surface area (Å²) in [5.41, 5.74) is 3.48. The summed E-state index contributed by atoms with van der Waals surface area (Å²) in [5, 5.41) is 12.3. The third-order valence-electron chi connectivity index (χ3n) is 6.33.